The normalized spacial score (nSPS) is 18.8. The monoisotopic (exact) mass is 250 g/mol. The number of halogens is 1. The molecule has 94 valence electrons. The van der Waals surface area contributed by atoms with Gasteiger partial charge < -0.3 is 0 Å². The number of alkyl halides is 1. The van der Waals surface area contributed by atoms with Gasteiger partial charge in [0.2, 0.25) is 0 Å². The van der Waals surface area contributed by atoms with Gasteiger partial charge in [0, 0.05) is 11.8 Å². The minimum atomic E-state index is 0.570. The predicted octanol–water partition coefficient (Wildman–Crippen LogP) is 5.32. The molecule has 0 nitrogen and oxygen atoms in total. The first kappa shape index (κ1) is 13.0. The van der Waals surface area contributed by atoms with Gasteiger partial charge in [-0.3, -0.25) is 0 Å². The summed E-state index contributed by atoms with van der Waals surface area (Å²) in [6.07, 6.45) is 5.51. The van der Waals surface area contributed by atoms with E-state index in [0.717, 1.165) is 11.8 Å². The van der Waals surface area contributed by atoms with Crippen molar-refractivity contribution in [3.63, 3.8) is 0 Å². The van der Waals surface area contributed by atoms with Gasteiger partial charge in [-0.25, -0.2) is 0 Å². The van der Waals surface area contributed by atoms with Gasteiger partial charge in [0.15, 0.2) is 0 Å². The Morgan fingerprint density at radius 1 is 1.06 bits per heavy atom. The molecule has 1 fully saturated rings. The topological polar surface area (TPSA) is 0 Å². The Hall–Kier alpha value is -0.490. The van der Waals surface area contributed by atoms with Crippen molar-refractivity contribution < 1.29 is 0 Å². The molecule has 0 radical (unpaired) electrons. The maximum absolute atomic E-state index is 6.18. The van der Waals surface area contributed by atoms with Crippen LogP contribution in [0.3, 0.4) is 0 Å². The molecule has 0 bridgehead atoms. The van der Waals surface area contributed by atoms with E-state index in [1.54, 1.807) is 0 Å². The van der Waals surface area contributed by atoms with Crippen LogP contribution in [0.1, 0.15) is 62.5 Å². The summed E-state index contributed by atoms with van der Waals surface area (Å²) < 4.78 is 0. The Labute approximate surface area is 110 Å². The molecule has 0 aromatic heterocycles. The molecule has 1 heteroatoms. The van der Waals surface area contributed by atoms with Crippen LogP contribution in [0.15, 0.2) is 24.3 Å². The van der Waals surface area contributed by atoms with Gasteiger partial charge in [0.05, 0.1) is 0 Å². The summed E-state index contributed by atoms with van der Waals surface area (Å²) in [6, 6.07) is 9.13. The zero-order chi connectivity index (χ0) is 12.3. The van der Waals surface area contributed by atoms with Crippen LogP contribution in [-0.4, -0.2) is 5.88 Å². The van der Waals surface area contributed by atoms with Crippen LogP contribution in [0.2, 0.25) is 0 Å². The molecule has 0 saturated heterocycles. The zero-order valence-corrected chi connectivity index (χ0v) is 11.7. The molecule has 0 heterocycles. The van der Waals surface area contributed by atoms with Gasteiger partial charge in [-0.2, -0.15) is 0 Å². The maximum atomic E-state index is 6.18. The molecule has 0 aliphatic heterocycles. The van der Waals surface area contributed by atoms with E-state index in [1.807, 2.05) is 0 Å². The fraction of sp³-hybridized carbons (Fsp3) is 0.625. The van der Waals surface area contributed by atoms with Gasteiger partial charge in [-0.05, 0) is 35.8 Å². The lowest BCUT2D eigenvalue weighted by molar-refractivity contribution is 0.464. The fourth-order valence-electron chi connectivity index (χ4n) is 2.98. The summed E-state index contributed by atoms with van der Waals surface area (Å²) >= 11 is 6.18. The second kappa shape index (κ2) is 5.91. The van der Waals surface area contributed by atoms with Crippen molar-refractivity contribution in [1.82, 2.24) is 0 Å². The van der Waals surface area contributed by atoms with Crippen molar-refractivity contribution in [2.45, 2.75) is 51.4 Å². The number of benzene rings is 1. The van der Waals surface area contributed by atoms with Gasteiger partial charge in [0.1, 0.15) is 0 Å². The average molecular weight is 251 g/mol. The first-order valence-electron chi connectivity index (χ1n) is 6.88. The average Bonchev–Trinajstić information content (AvgIpc) is 2.84. The third-order valence-electron chi connectivity index (χ3n) is 4.17. The van der Waals surface area contributed by atoms with Crippen LogP contribution in [-0.2, 0) is 0 Å². The van der Waals surface area contributed by atoms with Crippen LogP contribution in [0.25, 0.3) is 0 Å². The van der Waals surface area contributed by atoms with Gasteiger partial charge >= 0.3 is 0 Å². The minimum absolute atomic E-state index is 0.570. The molecule has 1 atom stereocenters. The van der Waals surface area contributed by atoms with Crippen LogP contribution < -0.4 is 0 Å². The highest BCUT2D eigenvalue weighted by Crippen LogP contribution is 2.38. The SMILES string of the molecule is CC(C)c1ccc(C(CCl)C2CCCC2)cc1. The Morgan fingerprint density at radius 3 is 2.06 bits per heavy atom. The second-order valence-corrected chi connectivity index (χ2v) is 5.94. The Morgan fingerprint density at radius 2 is 1.59 bits per heavy atom. The third-order valence-corrected chi connectivity index (χ3v) is 4.50. The van der Waals surface area contributed by atoms with Crippen molar-refractivity contribution in [3.05, 3.63) is 35.4 Å². The lowest BCUT2D eigenvalue weighted by atomic mass is 9.85. The van der Waals surface area contributed by atoms with Crippen LogP contribution in [0, 0.1) is 5.92 Å². The molecule has 0 spiro atoms. The highest BCUT2D eigenvalue weighted by Gasteiger charge is 2.25. The molecule has 0 amide bonds. The lowest BCUT2D eigenvalue weighted by Crippen LogP contribution is -2.11. The molecule has 1 unspecified atom stereocenters. The quantitative estimate of drug-likeness (QED) is 0.635. The van der Waals surface area contributed by atoms with Gasteiger partial charge in [0.25, 0.3) is 0 Å². The van der Waals surface area contributed by atoms with Gasteiger partial charge in [-0.1, -0.05) is 51.0 Å². The summed E-state index contributed by atoms with van der Waals surface area (Å²) in [5, 5.41) is 0. The molecular weight excluding hydrogens is 228 g/mol. The van der Waals surface area contributed by atoms with Crippen molar-refractivity contribution >= 4 is 11.6 Å². The largest absolute Gasteiger partial charge is 0.126 e. The summed E-state index contributed by atoms with van der Waals surface area (Å²) in [6.45, 7) is 4.48. The molecule has 17 heavy (non-hydrogen) atoms. The Balaban J connectivity index is 2.13. The molecule has 0 N–H and O–H groups in total. The highest BCUT2D eigenvalue weighted by atomic mass is 35.5. The maximum Gasteiger partial charge on any atom is 0.0294 e. The van der Waals surface area contributed by atoms with Crippen molar-refractivity contribution in [2.24, 2.45) is 5.92 Å². The Bertz CT molecular complexity index is 333. The van der Waals surface area contributed by atoms with Crippen LogP contribution in [0.4, 0.5) is 0 Å². The summed E-state index contributed by atoms with van der Waals surface area (Å²) in [5.74, 6) is 2.77. The van der Waals surface area contributed by atoms with E-state index in [1.165, 1.54) is 36.8 Å². The van der Waals surface area contributed by atoms with Crippen molar-refractivity contribution in [1.29, 1.82) is 0 Å². The molecular formula is C16H23Cl. The standard InChI is InChI=1S/C16H23Cl/c1-12(2)13-7-9-15(10-8-13)16(11-17)14-5-3-4-6-14/h7-10,12,14,16H,3-6,11H2,1-2H3. The number of hydrogen-bond acceptors (Lipinski definition) is 0. The molecule has 1 aromatic rings. The van der Waals surface area contributed by atoms with E-state index in [4.69, 9.17) is 11.6 Å². The smallest absolute Gasteiger partial charge is 0.0294 e. The first-order chi connectivity index (χ1) is 8.22. The molecule has 1 aliphatic carbocycles. The van der Waals surface area contributed by atoms with E-state index >= 15 is 0 Å². The van der Waals surface area contributed by atoms with Crippen LogP contribution >= 0.6 is 11.6 Å². The predicted molar refractivity (Wildman–Crippen MR) is 76.0 cm³/mol. The number of hydrogen-bond donors (Lipinski definition) is 0. The zero-order valence-electron chi connectivity index (χ0n) is 11.0. The fourth-order valence-corrected chi connectivity index (χ4v) is 3.41. The van der Waals surface area contributed by atoms with E-state index in [-0.39, 0.29) is 0 Å². The third kappa shape index (κ3) is 3.04. The van der Waals surface area contributed by atoms with Crippen molar-refractivity contribution in [3.8, 4) is 0 Å². The van der Waals surface area contributed by atoms with Gasteiger partial charge in [-0.15, -0.1) is 11.6 Å². The lowest BCUT2D eigenvalue weighted by Gasteiger charge is -2.22. The summed E-state index contributed by atoms with van der Waals surface area (Å²) in [7, 11) is 0. The highest BCUT2D eigenvalue weighted by molar-refractivity contribution is 6.18. The number of rotatable bonds is 4. The summed E-state index contributed by atoms with van der Waals surface area (Å²) in [5.41, 5.74) is 2.87. The van der Waals surface area contributed by atoms with E-state index in [0.29, 0.717) is 11.8 Å². The van der Waals surface area contributed by atoms with E-state index < -0.39 is 0 Å². The molecule has 1 aromatic carbocycles. The molecule has 1 aliphatic rings. The minimum Gasteiger partial charge on any atom is -0.126 e. The van der Waals surface area contributed by atoms with Crippen LogP contribution in [0.5, 0.6) is 0 Å². The van der Waals surface area contributed by atoms with E-state index in [2.05, 4.69) is 38.1 Å². The second-order valence-electron chi connectivity index (χ2n) is 5.63. The summed E-state index contributed by atoms with van der Waals surface area (Å²) in [4.78, 5) is 0. The van der Waals surface area contributed by atoms with Crippen molar-refractivity contribution in [2.75, 3.05) is 5.88 Å². The Kier molecular flexibility index (Phi) is 4.50. The molecule has 2 rings (SSSR count). The van der Waals surface area contributed by atoms with E-state index in [9.17, 15) is 0 Å². The molecule has 1 saturated carbocycles. The first-order valence-corrected chi connectivity index (χ1v) is 7.41.